The molecule has 5 heteroatoms. The van der Waals surface area contributed by atoms with Crippen molar-refractivity contribution in [3.05, 3.63) is 23.2 Å². The summed E-state index contributed by atoms with van der Waals surface area (Å²) in [5.74, 6) is 0.895. The van der Waals surface area contributed by atoms with Crippen LogP contribution < -0.4 is 5.73 Å². The van der Waals surface area contributed by atoms with Crippen LogP contribution >= 0.6 is 11.6 Å². The van der Waals surface area contributed by atoms with Gasteiger partial charge in [0, 0.05) is 12.1 Å². The van der Waals surface area contributed by atoms with Gasteiger partial charge in [-0.1, -0.05) is 25.4 Å². The summed E-state index contributed by atoms with van der Waals surface area (Å²) < 4.78 is 7.30. The summed E-state index contributed by atoms with van der Waals surface area (Å²) in [6, 6.07) is 5.75. The number of nitrogen functional groups attached to an aromatic ring is 1. The first-order valence-corrected chi connectivity index (χ1v) is 6.34. The number of nitrogens with zero attached hydrogens (tertiary/aromatic N) is 2. The molecule has 1 unspecified atom stereocenters. The Kier molecular flexibility index (Phi) is 3.78. The molecule has 4 nitrogen and oxygen atoms in total. The minimum atomic E-state index is 0.151. The molecule has 1 aromatic carbocycles. The number of halogens is 1. The van der Waals surface area contributed by atoms with Crippen molar-refractivity contribution in [2.75, 3.05) is 19.5 Å². The van der Waals surface area contributed by atoms with E-state index < -0.39 is 0 Å². The van der Waals surface area contributed by atoms with Crippen molar-refractivity contribution in [2.24, 2.45) is 5.92 Å². The number of nitrogens with two attached hydrogens (primary N) is 1. The van der Waals surface area contributed by atoms with Crippen molar-refractivity contribution in [3.63, 3.8) is 0 Å². The number of imidazole rings is 1. The molecule has 0 aliphatic heterocycles. The third-order valence-electron chi connectivity index (χ3n) is 3.12. The molecule has 0 spiro atoms. The lowest BCUT2D eigenvalue weighted by molar-refractivity contribution is 0.136. The molecule has 0 fully saturated rings. The Morgan fingerprint density at radius 1 is 1.44 bits per heavy atom. The van der Waals surface area contributed by atoms with Crippen LogP contribution in [0.5, 0.6) is 0 Å². The molecule has 18 heavy (non-hydrogen) atoms. The smallest absolute Gasteiger partial charge is 0.201 e. The van der Waals surface area contributed by atoms with Gasteiger partial charge in [0.2, 0.25) is 5.95 Å². The summed E-state index contributed by atoms with van der Waals surface area (Å²) in [5.41, 5.74) is 7.84. The Morgan fingerprint density at radius 2 is 2.17 bits per heavy atom. The van der Waals surface area contributed by atoms with Crippen molar-refractivity contribution in [3.8, 4) is 0 Å². The summed E-state index contributed by atoms with van der Waals surface area (Å²) in [7, 11) is 1.69. The monoisotopic (exact) mass is 267 g/mol. The molecule has 2 aromatic rings. The van der Waals surface area contributed by atoms with E-state index in [4.69, 9.17) is 22.1 Å². The number of methoxy groups -OCH3 is 1. The van der Waals surface area contributed by atoms with Gasteiger partial charge < -0.3 is 15.0 Å². The quantitative estimate of drug-likeness (QED) is 0.926. The maximum absolute atomic E-state index is 6.05. The molecule has 0 amide bonds. The zero-order chi connectivity index (χ0) is 13.3. The van der Waals surface area contributed by atoms with E-state index in [0.29, 0.717) is 23.5 Å². The molecule has 98 valence electrons. The van der Waals surface area contributed by atoms with E-state index >= 15 is 0 Å². The molecule has 0 aliphatic rings. The molecular weight excluding hydrogens is 250 g/mol. The first-order chi connectivity index (χ1) is 8.54. The Morgan fingerprint density at radius 3 is 2.78 bits per heavy atom. The fraction of sp³-hybridized carbons (Fsp3) is 0.462. The highest BCUT2D eigenvalue weighted by Gasteiger charge is 2.21. The molecule has 0 aliphatic carbocycles. The van der Waals surface area contributed by atoms with Crippen LogP contribution in [-0.2, 0) is 4.74 Å². The standard InChI is InChI=1S/C13H18ClN3O/c1-8(2)12(7-18-3)17-11-6-9(14)4-5-10(11)16-13(17)15/h4-6,8,12H,7H2,1-3H3,(H2,15,16). The van der Waals surface area contributed by atoms with E-state index in [0.717, 1.165) is 11.0 Å². The van der Waals surface area contributed by atoms with Gasteiger partial charge in [0.15, 0.2) is 0 Å². The molecule has 0 bridgehead atoms. The molecule has 2 rings (SSSR count). The summed E-state index contributed by atoms with van der Waals surface area (Å²) in [6.07, 6.45) is 0. The number of ether oxygens (including phenoxy) is 1. The molecule has 0 saturated heterocycles. The molecule has 1 heterocycles. The lowest BCUT2D eigenvalue weighted by Gasteiger charge is -2.23. The zero-order valence-corrected chi connectivity index (χ0v) is 11.6. The number of rotatable bonds is 4. The highest BCUT2D eigenvalue weighted by molar-refractivity contribution is 6.31. The van der Waals surface area contributed by atoms with Crippen molar-refractivity contribution < 1.29 is 4.74 Å². The van der Waals surface area contributed by atoms with Crippen LogP contribution in [0.25, 0.3) is 11.0 Å². The van der Waals surface area contributed by atoms with Crippen LogP contribution in [0.4, 0.5) is 5.95 Å². The van der Waals surface area contributed by atoms with Gasteiger partial charge in [-0.3, -0.25) is 0 Å². The predicted molar refractivity (Wildman–Crippen MR) is 74.9 cm³/mol. The average Bonchev–Trinajstić information content (AvgIpc) is 2.61. The van der Waals surface area contributed by atoms with Crippen molar-refractivity contribution in [1.82, 2.24) is 9.55 Å². The predicted octanol–water partition coefficient (Wildman–Crippen LogP) is 3.12. The summed E-state index contributed by atoms with van der Waals surface area (Å²) in [6.45, 7) is 4.87. The van der Waals surface area contributed by atoms with Gasteiger partial charge >= 0.3 is 0 Å². The number of hydrogen-bond acceptors (Lipinski definition) is 3. The van der Waals surface area contributed by atoms with E-state index in [1.165, 1.54) is 0 Å². The number of aromatic nitrogens is 2. The molecule has 2 N–H and O–H groups in total. The van der Waals surface area contributed by atoms with Crippen LogP contribution in [0.3, 0.4) is 0 Å². The van der Waals surface area contributed by atoms with E-state index in [-0.39, 0.29) is 6.04 Å². The summed E-state index contributed by atoms with van der Waals surface area (Å²) >= 11 is 6.05. The molecule has 1 aromatic heterocycles. The van der Waals surface area contributed by atoms with Crippen molar-refractivity contribution >= 4 is 28.6 Å². The van der Waals surface area contributed by atoms with Gasteiger partial charge in [0.25, 0.3) is 0 Å². The Hall–Kier alpha value is -1.26. The second kappa shape index (κ2) is 5.16. The fourth-order valence-corrected chi connectivity index (χ4v) is 2.34. The molecular formula is C13H18ClN3O. The Labute approximate surface area is 112 Å². The van der Waals surface area contributed by atoms with E-state index in [9.17, 15) is 0 Å². The topological polar surface area (TPSA) is 53.1 Å². The Balaban J connectivity index is 2.60. The van der Waals surface area contributed by atoms with Gasteiger partial charge in [0.05, 0.1) is 23.7 Å². The largest absolute Gasteiger partial charge is 0.383 e. The van der Waals surface area contributed by atoms with E-state index in [1.54, 1.807) is 7.11 Å². The normalized spacial score (nSPS) is 13.4. The fourth-order valence-electron chi connectivity index (χ4n) is 2.17. The maximum Gasteiger partial charge on any atom is 0.201 e. The summed E-state index contributed by atoms with van der Waals surface area (Å²) in [4.78, 5) is 4.37. The second-order valence-corrected chi connectivity index (χ2v) is 5.18. The molecule has 0 saturated carbocycles. The minimum Gasteiger partial charge on any atom is -0.383 e. The minimum absolute atomic E-state index is 0.151. The average molecular weight is 268 g/mol. The SMILES string of the molecule is COCC(C(C)C)n1c(N)nc2ccc(Cl)cc21. The number of fused-ring (bicyclic) bond motifs is 1. The van der Waals surface area contributed by atoms with Gasteiger partial charge in [-0.25, -0.2) is 4.98 Å². The van der Waals surface area contributed by atoms with Gasteiger partial charge in [-0.2, -0.15) is 0 Å². The third-order valence-corrected chi connectivity index (χ3v) is 3.35. The lowest BCUT2D eigenvalue weighted by Crippen LogP contribution is -2.21. The summed E-state index contributed by atoms with van der Waals surface area (Å²) in [5, 5.41) is 0.684. The van der Waals surface area contributed by atoms with Gasteiger partial charge in [-0.15, -0.1) is 0 Å². The number of benzene rings is 1. The van der Waals surface area contributed by atoms with Crippen molar-refractivity contribution in [2.45, 2.75) is 19.9 Å². The van der Waals surface area contributed by atoms with E-state index in [1.807, 2.05) is 22.8 Å². The van der Waals surface area contributed by atoms with Gasteiger partial charge in [-0.05, 0) is 24.1 Å². The molecule has 0 radical (unpaired) electrons. The first kappa shape index (κ1) is 13.2. The first-order valence-electron chi connectivity index (χ1n) is 5.96. The van der Waals surface area contributed by atoms with Crippen LogP contribution in [-0.4, -0.2) is 23.3 Å². The van der Waals surface area contributed by atoms with Crippen LogP contribution in [0, 0.1) is 5.92 Å². The van der Waals surface area contributed by atoms with Crippen LogP contribution in [0.1, 0.15) is 19.9 Å². The van der Waals surface area contributed by atoms with E-state index in [2.05, 4.69) is 18.8 Å². The number of hydrogen-bond donors (Lipinski definition) is 1. The van der Waals surface area contributed by atoms with Crippen LogP contribution in [0.2, 0.25) is 5.02 Å². The van der Waals surface area contributed by atoms with Crippen LogP contribution in [0.15, 0.2) is 18.2 Å². The molecule has 1 atom stereocenters. The Bertz CT molecular complexity index is 550. The van der Waals surface area contributed by atoms with Gasteiger partial charge in [0.1, 0.15) is 0 Å². The zero-order valence-electron chi connectivity index (χ0n) is 10.9. The maximum atomic E-state index is 6.05. The third kappa shape index (κ3) is 2.31. The highest BCUT2D eigenvalue weighted by atomic mass is 35.5. The van der Waals surface area contributed by atoms with Crippen molar-refractivity contribution in [1.29, 1.82) is 0 Å². The highest BCUT2D eigenvalue weighted by Crippen LogP contribution is 2.29. The second-order valence-electron chi connectivity index (χ2n) is 4.74. The lowest BCUT2D eigenvalue weighted by atomic mass is 10.0. The number of anilines is 1.